The Balaban J connectivity index is 2.11. The number of nitrogens with one attached hydrogen (secondary N) is 1. The topological polar surface area (TPSA) is 74.5 Å². The van der Waals surface area contributed by atoms with Gasteiger partial charge in [-0.05, 0) is 12.1 Å². The summed E-state index contributed by atoms with van der Waals surface area (Å²) < 4.78 is 0. The summed E-state index contributed by atoms with van der Waals surface area (Å²) in [6, 6.07) is 5.98. The first-order valence-electron chi connectivity index (χ1n) is 5.61. The second kappa shape index (κ2) is 5.67. The summed E-state index contributed by atoms with van der Waals surface area (Å²) in [5.74, 6) is 0. The van der Waals surface area contributed by atoms with Crippen molar-refractivity contribution in [2.24, 2.45) is 0 Å². The number of aromatic nitrogens is 3. The van der Waals surface area contributed by atoms with E-state index in [1.54, 1.807) is 18.3 Å². The second-order valence-electron chi connectivity index (χ2n) is 4.08. The maximum atomic E-state index is 8.70. The summed E-state index contributed by atoms with van der Waals surface area (Å²) >= 11 is 1.51. The van der Waals surface area contributed by atoms with Gasteiger partial charge in [0.1, 0.15) is 16.8 Å². The Morgan fingerprint density at radius 2 is 2.22 bits per heavy atom. The number of nitriles is 1. The highest BCUT2D eigenvalue weighted by molar-refractivity contribution is 7.14. The van der Waals surface area contributed by atoms with Gasteiger partial charge in [0.05, 0.1) is 5.56 Å². The third-order valence-corrected chi connectivity index (χ3v) is 3.19. The van der Waals surface area contributed by atoms with Gasteiger partial charge in [-0.3, -0.25) is 4.98 Å². The first kappa shape index (κ1) is 12.6. The smallest absolute Gasteiger partial charge is 0.166 e. The molecule has 0 saturated heterocycles. The molecule has 6 heteroatoms. The fraction of sp³-hybridized carbons (Fsp3) is 0.333. The van der Waals surface area contributed by atoms with Crippen LogP contribution in [0.5, 0.6) is 0 Å². The van der Waals surface area contributed by atoms with Crippen LogP contribution in [-0.4, -0.2) is 21.2 Å². The third-order valence-electron chi connectivity index (χ3n) is 2.24. The average Bonchev–Trinajstić information content (AvgIpc) is 2.85. The Bertz CT molecular complexity index is 553. The number of hydrogen-bond donors (Lipinski definition) is 1. The molecule has 0 aliphatic carbocycles. The van der Waals surface area contributed by atoms with Crippen LogP contribution in [0.15, 0.2) is 18.3 Å². The molecule has 92 valence electrons. The normalized spacial score (nSPS) is 10.6. The first-order chi connectivity index (χ1) is 8.69. The molecule has 2 aromatic heterocycles. The molecular weight excluding hydrogens is 246 g/mol. The Hall–Kier alpha value is -1.84. The minimum absolute atomic E-state index is 0.422. The molecule has 2 aromatic rings. The van der Waals surface area contributed by atoms with E-state index in [0.29, 0.717) is 18.2 Å². The van der Waals surface area contributed by atoms with Crippen LogP contribution in [0.2, 0.25) is 0 Å². The molecule has 1 N–H and O–H groups in total. The summed E-state index contributed by atoms with van der Waals surface area (Å²) in [5.41, 5.74) is 1.30. The number of pyridine rings is 1. The van der Waals surface area contributed by atoms with Gasteiger partial charge in [-0.1, -0.05) is 25.2 Å². The van der Waals surface area contributed by atoms with Gasteiger partial charge in [0.2, 0.25) is 0 Å². The lowest BCUT2D eigenvalue weighted by Gasteiger charge is -2.03. The molecular formula is C12H13N5S. The van der Waals surface area contributed by atoms with E-state index in [-0.39, 0.29) is 0 Å². The van der Waals surface area contributed by atoms with E-state index in [4.69, 9.17) is 5.26 Å². The zero-order chi connectivity index (χ0) is 13.0. The summed E-state index contributed by atoms with van der Waals surface area (Å²) in [6.45, 7) is 4.89. The number of rotatable bonds is 4. The molecule has 0 fully saturated rings. The summed E-state index contributed by atoms with van der Waals surface area (Å²) in [5, 5.41) is 21.9. The zero-order valence-corrected chi connectivity index (χ0v) is 11.0. The minimum atomic E-state index is 0.422. The molecule has 0 bridgehead atoms. The third kappa shape index (κ3) is 3.09. The van der Waals surface area contributed by atoms with E-state index < -0.39 is 0 Å². The molecule has 0 unspecified atom stereocenters. The monoisotopic (exact) mass is 259 g/mol. The van der Waals surface area contributed by atoms with Crippen molar-refractivity contribution in [3.63, 3.8) is 0 Å². The molecule has 0 aromatic carbocycles. The van der Waals surface area contributed by atoms with Crippen LogP contribution in [0.25, 0.3) is 10.7 Å². The highest BCUT2D eigenvalue weighted by Gasteiger charge is 2.08. The van der Waals surface area contributed by atoms with Crippen LogP contribution >= 0.6 is 11.3 Å². The predicted molar refractivity (Wildman–Crippen MR) is 69.8 cm³/mol. The highest BCUT2D eigenvalue weighted by Crippen LogP contribution is 2.21. The Morgan fingerprint density at radius 3 is 2.83 bits per heavy atom. The van der Waals surface area contributed by atoms with Gasteiger partial charge in [0, 0.05) is 18.8 Å². The van der Waals surface area contributed by atoms with Gasteiger partial charge in [-0.2, -0.15) is 5.26 Å². The van der Waals surface area contributed by atoms with Crippen molar-refractivity contribution in [1.29, 1.82) is 5.26 Å². The van der Waals surface area contributed by atoms with Gasteiger partial charge in [-0.25, -0.2) is 0 Å². The summed E-state index contributed by atoms with van der Waals surface area (Å²) in [6.07, 6.45) is 1.54. The van der Waals surface area contributed by atoms with Crippen LogP contribution in [0.3, 0.4) is 0 Å². The fourth-order valence-electron chi connectivity index (χ4n) is 1.31. The quantitative estimate of drug-likeness (QED) is 0.908. The summed E-state index contributed by atoms with van der Waals surface area (Å²) in [4.78, 5) is 4.19. The fourth-order valence-corrected chi connectivity index (χ4v) is 2.07. The second-order valence-corrected chi connectivity index (χ2v) is 5.14. The molecule has 0 radical (unpaired) electrons. The Labute approximate surface area is 110 Å². The van der Waals surface area contributed by atoms with Crippen LogP contribution in [0, 0.1) is 11.3 Å². The standard InChI is InChI=1S/C12H13N5S/c1-8(2)14-7-11-16-17-12(18-11)10-4-3-9(5-13)6-15-10/h3-4,6,8,14H,7H2,1-2H3. The Kier molecular flexibility index (Phi) is 3.97. The zero-order valence-electron chi connectivity index (χ0n) is 10.2. The van der Waals surface area contributed by atoms with E-state index in [9.17, 15) is 0 Å². The van der Waals surface area contributed by atoms with Crippen molar-refractivity contribution in [3.05, 3.63) is 28.9 Å². The van der Waals surface area contributed by atoms with E-state index in [1.807, 2.05) is 6.07 Å². The van der Waals surface area contributed by atoms with Crippen molar-refractivity contribution in [2.45, 2.75) is 26.4 Å². The van der Waals surface area contributed by atoms with E-state index in [2.05, 4.69) is 34.3 Å². The van der Waals surface area contributed by atoms with Gasteiger partial charge in [0.15, 0.2) is 5.01 Å². The van der Waals surface area contributed by atoms with Crippen LogP contribution in [0.4, 0.5) is 0 Å². The van der Waals surface area contributed by atoms with Crippen LogP contribution < -0.4 is 5.32 Å². The van der Waals surface area contributed by atoms with Crippen molar-refractivity contribution in [1.82, 2.24) is 20.5 Å². The molecule has 0 saturated carbocycles. The number of hydrogen-bond acceptors (Lipinski definition) is 6. The molecule has 0 spiro atoms. The summed E-state index contributed by atoms with van der Waals surface area (Å²) in [7, 11) is 0. The predicted octanol–water partition coefficient (Wildman–Crippen LogP) is 1.97. The van der Waals surface area contributed by atoms with Crippen molar-refractivity contribution in [2.75, 3.05) is 0 Å². The van der Waals surface area contributed by atoms with E-state index in [0.717, 1.165) is 15.7 Å². The van der Waals surface area contributed by atoms with Gasteiger partial charge in [0.25, 0.3) is 0 Å². The highest BCUT2D eigenvalue weighted by atomic mass is 32.1. The molecule has 18 heavy (non-hydrogen) atoms. The molecule has 0 aliphatic rings. The van der Waals surface area contributed by atoms with Crippen LogP contribution in [-0.2, 0) is 6.54 Å². The largest absolute Gasteiger partial charge is 0.308 e. The maximum Gasteiger partial charge on any atom is 0.166 e. The van der Waals surface area contributed by atoms with Gasteiger partial charge < -0.3 is 5.32 Å². The molecule has 0 atom stereocenters. The molecule has 2 heterocycles. The maximum absolute atomic E-state index is 8.70. The van der Waals surface area contributed by atoms with Crippen molar-refractivity contribution >= 4 is 11.3 Å². The minimum Gasteiger partial charge on any atom is -0.308 e. The lowest BCUT2D eigenvalue weighted by molar-refractivity contribution is 0.585. The Morgan fingerprint density at radius 1 is 1.39 bits per heavy atom. The molecule has 0 aliphatic heterocycles. The lowest BCUT2D eigenvalue weighted by atomic mass is 10.3. The van der Waals surface area contributed by atoms with Gasteiger partial charge >= 0.3 is 0 Å². The SMILES string of the molecule is CC(C)NCc1nnc(-c2ccc(C#N)cn2)s1. The van der Waals surface area contributed by atoms with E-state index in [1.165, 1.54) is 11.3 Å². The van der Waals surface area contributed by atoms with Crippen molar-refractivity contribution in [3.8, 4) is 16.8 Å². The molecule has 5 nitrogen and oxygen atoms in total. The van der Waals surface area contributed by atoms with Gasteiger partial charge in [-0.15, -0.1) is 10.2 Å². The van der Waals surface area contributed by atoms with E-state index >= 15 is 0 Å². The molecule has 0 amide bonds. The first-order valence-corrected chi connectivity index (χ1v) is 6.43. The van der Waals surface area contributed by atoms with Crippen LogP contribution in [0.1, 0.15) is 24.4 Å². The average molecular weight is 259 g/mol. The van der Waals surface area contributed by atoms with Crippen molar-refractivity contribution < 1.29 is 0 Å². The molecule has 2 rings (SSSR count). The lowest BCUT2D eigenvalue weighted by Crippen LogP contribution is -2.21. The number of nitrogens with zero attached hydrogens (tertiary/aromatic N) is 4.